The summed E-state index contributed by atoms with van der Waals surface area (Å²) >= 11 is 0. The molecule has 0 aliphatic heterocycles. The third-order valence-electron chi connectivity index (χ3n) is 3.39. The topological polar surface area (TPSA) is 79.4 Å². The van der Waals surface area contributed by atoms with Crippen LogP contribution < -0.4 is 15.2 Å². The van der Waals surface area contributed by atoms with Crippen LogP contribution in [0.4, 0.5) is 0 Å². The first-order chi connectivity index (χ1) is 11.2. The molecule has 0 bridgehead atoms. The molecule has 0 radical (unpaired) electrons. The molecule has 0 saturated heterocycles. The van der Waals surface area contributed by atoms with Crippen molar-refractivity contribution in [1.82, 2.24) is 14.7 Å². The molecule has 0 saturated carbocycles. The quantitative estimate of drug-likeness (QED) is 0.716. The third kappa shape index (κ3) is 2.94. The summed E-state index contributed by atoms with van der Waals surface area (Å²) in [4.78, 5) is 16.0. The second-order valence-electron chi connectivity index (χ2n) is 4.79. The second-order valence-corrected chi connectivity index (χ2v) is 4.79. The molecule has 0 aliphatic carbocycles. The predicted octanol–water partition coefficient (Wildman–Crippen LogP) is 1.96. The molecule has 0 aliphatic rings. The first-order valence-corrected chi connectivity index (χ1v) is 6.90. The van der Waals surface area contributed by atoms with E-state index in [1.807, 2.05) is 12.1 Å². The molecule has 2 heterocycles. The van der Waals surface area contributed by atoms with Gasteiger partial charge in [-0.3, -0.25) is 14.1 Å². The Morgan fingerprint density at radius 2 is 2.00 bits per heavy atom. The molecular weight excluding hydrogens is 298 g/mol. The van der Waals surface area contributed by atoms with Gasteiger partial charge in [0, 0.05) is 18.0 Å². The van der Waals surface area contributed by atoms with Crippen molar-refractivity contribution in [3.63, 3.8) is 0 Å². The van der Waals surface area contributed by atoms with Crippen LogP contribution in [0.5, 0.6) is 11.5 Å². The summed E-state index contributed by atoms with van der Waals surface area (Å²) in [5.41, 5.74) is 1.57. The fourth-order valence-corrected chi connectivity index (χ4v) is 2.26. The highest BCUT2D eigenvalue weighted by Gasteiger charge is 2.15. The molecule has 1 aromatic carbocycles. The highest BCUT2D eigenvalue weighted by atomic mass is 16.5. The summed E-state index contributed by atoms with van der Waals surface area (Å²) < 4.78 is 16.8. The lowest BCUT2D eigenvalue weighted by Gasteiger charge is -2.09. The number of nitrogens with zero attached hydrogens (tertiary/aromatic N) is 3. The van der Waals surface area contributed by atoms with Gasteiger partial charge < -0.3 is 9.47 Å². The van der Waals surface area contributed by atoms with E-state index in [0.717, 1.165) is 5.56 Å². The monoisotopic (exact) mass is 313 g/mol. The minimum absolute atomic E-state index is 0.319. The van der Waals surface area contributed by atoms with Crippen molar-refractivity contribution in [3.05, 3.63) is 58.8 Å². The minimum atomic E-state index is -0.529. The van der Waals surface area contributed by atoms with E-state index in [1.165, 1.54) is 4.57 Å². The number of aromatic nitrogens is 3. The van der Waals surface area contributed by atoms with Gasteiger partial charge in [-0.1, -0.05) is 11.2 Å². The Morgan fingerprint density at radius 1 is 1.17 bits per heavy atom. The summed E-state index contributed by atoms with van der Waals surface area (Å²) in [7, 11) is 3.11. The second kappa shape index (κ2) is 6.35. The zero-order valence-electron chi connectivity index (χ0n) is 12.7. The minimum Gasteiger partial charge on any atom is -0.493 e. The molecular formula is C16H15N3O4. The fourth-order valence-electron chi connectivity index (χ4n) is 2.26. The molecule has 0 fully saturated rings. The number of hydrogen-bond donors (Lipinski definition) is 0. The Kier molecular flexibility index (Phi) is 4.09. The van der Waals surface area contributed by atoms with E-state index in [-0.39, 0.29) is 0 Å². The number of methoxy groups -OCH3 is 2. The van der Waals surface area contributed by atoms with E-state index < -0.39 is 5.76 Å². The molecule has 0 N–H and O–H groups in total. The van der Waals surface area contributed by atoms with E-state index in [1.54, 1.807) is 44.8 Å². The van der Waals surface area contributed by atoms with Crippen LogP contribution >= 0.6 is 0 Å². The van der Waals surface area contributed by atoms with Crippen molar-refractivity contribution in [1.29, 1.82) is 0 Å². The predicted molar refractivity (Wildman–Crippen MR) is 82.6 cm³/mol. The van der Waals surface area contributed by atoms with Gasteiger partial charge in [-0.05, 0) is 29.8 Å². The highest BCUT2D eigenvalue weighted by molar-refractivity contribution is 5.61. The number of ether oxygens (including phenoxy) is 2. The number of benzene rings is 1. The fraction of sp³-hybridized carbons (Fsp3) is 0.188. The molecule has 3 rings (SSSR count). The van der Waals surface area contributed by atoms with Gasteiger partial charge in [0.15, 0.2) is 17.3 Å². The van der Waals surface area contributed by atoms with Crippen molar-refractivity contribution in [2.45, 2.75) is 6.54 Å². The summed E-state index contributed by atoms with van der Waals surface area (Å²) in [5.74, 6) is 1.03. The van der Waals surface area contributed by atoms with Crippen molar-refractivity contribution in [2.24, 2.45) is 0 Å². The Labute approximate surface area is 132 Å². The van der Waals surface area contributed by atoms with Gasteiger partial charge in [-0.15, -0.1) is 0 Å². The lowest BCUT2D eigenvalue weighted by atomic mass is 10.2. The third-order valence-corrected chi connectivity index (χ3v) is 3.39. The molecule has 0 amide bonds. The van der Waals surface area contributed by atoms with Crippen LogP contribution in [0.25, 0.3) is 11.4 Å². The van der Waals surface area contributed by atoms with Crippen LogP contribution in [0, 0.1) is 0 Å². The molecule has 2 aromatic heterocycles. The van der Waals surface area contributed by atoms with Gasteiger partial charge in [0.05, 0.1) is 20.8 Å². The van der Waals surface area contributed by atoms with Crippen LogP contribution in [0.1, 0.15) is 5.56 Å². The first-order valence-electron chi connectivity index (χ1n) is 6.90. The molecule has 118 valence electrons. The van der Waals surface area contributed by atoms with E-state index in [4.69, 9.17) is 14.0 Å². The van der Waals surface area contributed by atoms with E-state index in [2.05, 4.69) is 10.1 Å². The van der Waals surface area contributed by atoms with Crippen molar-refractivity contribution < 1.29 is 14.0 Å². The number of rotatable bonds is 5. The molecule has 3 aromatic rings. The van der Waals surface area contributed by atoms with Crippen LogP contribution in [0.2, 0.25) is 0 Å². The maximum Gasteiger partial charge on any atom is 0.442 e. The maximum atomic E-state index is 12.0. The maximum absolute atomic E-state index is 12.0. The van der Waals surface area contributed by atoms with Crippen LogP contribution in [-0.2, 0) is 6.54 Å². The Bertz CT molecular complexity index is 855. The molecule has 0 unspecified atom stereocenters. The van der Waals surface area contributed by atoms with Crippen LogP contribution in [0.15, 0.2) is 52.0 Å². The van der Waals surface area contributed by atoms with E-state index in [0.29, 0.717) is 29.4 Å². The summed E-state index contributed by atoms with van der Waals surface area (Å²) in [6.07, 6.45) is 3.37. The molecule has 23 heavy (non-hydrogen) atoms. The van der Waals surface area contributed by atoms with Gasteiger partial charge in [-0.25, -0.2) is 4.79 Å². The highest BCUT2D eigenvalue weighted by Crippen LogP contribution is 2.31. The van der Waals surface area contributed by atoms with Crippen molar-refractivity contribution in [2.75, 3.05) is 14.2 Å². The molecule has 0 spiro atoms. The number of hydrogen-bond acceptors (Lipinski definition) is 6. The van der Waals surface area contributed by atoms with E-state index >= 15 is 0 Å². The zero-order valence-corrected chi connectivity index (χ0v) is 12.7. The Morgan fingerprint density at radius 3 is 2.70 bits per heavy atom. The SMILES string of the molecule is COc1ccc(-c2noc(=O)n2Cc2cccnc2)cc1OC. The molecule has 7 heteroatoms. The Hall–Kier alpha value is -3.09. The lowest BCUT2D eigenvalue weighted by Crippen LogP contribution is -2.16. The number of pyridine rings is 1. The van der Waals surface area contributed by atoms with Crippen LogP contribution in [-0.4, -0.2) is 28.9 Å². The normalized spacial score (nSPS) is 10.5. The van der Waals surface area contributed by atoms with Crippen molar-refractivity contribution >= 4 is 0 Å². The Balaban J connectivity index is 2.03. The lowest BCUT2D eigenvalue weighted by molar-refractivity contribution is 0.355. The van der Waals surface area contributed by atoms with Gasteiger partial charge in [0.2, 0.25) is 0 Å². The van der Waals surface area contributed by atoms with E-state index in [9.17, 15) is 4.79 Å². The zero-order chi connectivity index (χ0) is 16.2. The average molecular weight is 313 g/mol. The average Bonchev–Trinajstić information content (AvgIpc) is 2.96. The summed E-state index contributed by atoms with van der Waals surface area (Å²) in [5, 5.41) is 3.87. The molecule has 0 atom stereocenters. The summed E-state index contributed by atoms with van der Waals surface area (Å²) in [6.45, 7) is 0.319. The smallest absolute Gasteiger partial charge is 0.442 e. The van der Waals surface area contributed by atoms with Crippen LogP contribution in [0.3, 0.4) is 0 Å². The van der Waals surface area contributed by atoms with Crippen molar-refractivity contribution in [3.8, 4) is 22.9 Å². The van der Waals surface area contributed by atoms with Gasteiger partial charge in [0.25, 0.3) is 0 Å². The largest absolute Gasteiger partial charge is 0.493 e. The van der Waals surface area contributed by atoms with Gasteiger partial charge in [0.1, 0.15) is 0 Å². The van der Waals surface area contributed by atoms with Gasteiger partial charge >= 0.3 is 5.76 Å². The molecule has 7 nitrogen and oxygen atoms in total. The summed E-state index contributed by atoms with van der Waals surface area (Å²) in [6, 6.07) is 8.98. The first kappa shape index (κ1) is 14.8. The standard InChI is InChI=1S/C16H15N3O4/c1-21-13-6-5-12(8-14(13)22-2)15-18-23-16(20)19(15)10-11-4-3-7-17-9-11/h3-9H,10H2,1-2H3. The van der Waals surface area contributed by atoms with Gasteiger partial charge in [-0.2, -0.15) is 0 Å².